The summed E-state index contributed by atoms with van der Waals surface area (Å²) in [5.41, 5.74) is 0.142. The van der Waals surface area contributed by atoms with E-state index in [9.17, 15) is 9.90 Å². The Bertz CT molecular complexity index is 597. The summed E-state index contributed by atoms with van der Waals surface area (Å²) in [6, 6.07) is 10.5. The summed E-state index contributed by atoms with van der Waals surface area (Å²) in [6.07, 6.45) is -1.01. The molecule has 19 heavy (non-hydrogen) atoms. The van der Waals surface area contributed by atoms with Crippen LogP contribution in [-0.2, 0) is 0 Å². The number of benzene rings is 2. The van der Waals surface area contributed by atoms with Crippen LogP contribution in [0.5, 0.6) is 5.75 Å². The van der Waals surface area contributed by atoms with Crippen molar-refractivity contribution in [3.05, 3.63) is 42.0 Å². The lowest BCUT2D eigenvalue weighted by Crippen LogP contribution is -2.33. The van der Waals surface area contributed by atoms with E-state index >= 15 is 0 Å². The van der Waals surface area contributed by atoms with Gasteiger partial charge in [0.15, 0.2) is 0 Å². The molecule has 0 spiro atoms. The van der Waals surface area contributed by atoms with Gasteiger partial charge in [-0.25, -0.2) is 0 Å². The monoisotopic (exact) mass is 261 g/mol. The van der Waals surface area contributed by atoms with Crippen molar-refractivity contribution in [2.24, 2.45) is 0 Å². The Balaban J connectivity index is 2.25. The van der Waals surface area contributed by atoms with Gasteiger partial charge in [-0.3, -0.25) is 4.79 Å². The van der Waals surface area contributed by atoms with E-state index in [1.54, 1.807) is 18.2 Å². The summed E-state index contributed by atoms with van der Waals surface area (Å²) in [5, 5.41) is 31.8. The molecule has 5 nitrogen and oxygen atoms in total. The van der Waals surface area contributed by atoms with Crippen LogP contribution in [0.3, 0.4) is 0 Å². The normalized spacial score (nSPS) is 12.3. The fourth-order valence-corrected chi connectivity index (χ4v) is 1.81. The number of carbonyl (C=O) groups excluding carboxylic acids is 1. The highest BCUT2D eigenvalue weighted by molar-refractivity contribution is 6.03. The lowest BCUT2D eigenvalue weighted by Gasteiger charge is -2.11. The molecule has 0 saturated heterocycles. The van der Waals surface area contributed by atoms with E-state index in [4.69, 9.17) is 10.2 Å². The third-order valence-corrected chi connectivity index (χ3v) is 2.85. The minimum absolute atomic E-state index is 0.0679. The van der Waals surface area contributed by atoms with E-state index in [0.29, 0.717) is 5.39 Å². The van der Waals surface area contributed by atoms with Gasteiger partial charge in [-0.15, -0.1) is 0 Å². The quantitative estimate of drug-likeness (QED) is 0.650. The lowest BCUT2D eigenvalue weighted by molar-refractivity contribution is 0.0800. The van der Waals surface area contributed by atoms with Gasteiger partial charge < -0.3 is 20.6 Å². The molecule has 2 aromatic rings. The second-order valence-electron chi connectivity index (χ2n) is 4.23. The van der Waals surface area contributed by atoms with Gasteiger partial charge in [0, 0.05) is 11.9 Å². The van der Waals surface area contributed by atoms with Gasteiger partial charge in [0.05, 0.1) is 18.3 Å². The number of aliphatic hydroxyl groups excluding tert-OH is 2. The number of phenolic OH excluding ortho intramolecular Hbond substituents is 1. The predicted octanol–water partition coefficient (Wildman–Crippen LogP) is 0.628. The standard InChI is InChI=1S/C14H15NO4/c16-8-10(17)7-15-14(19)12-6-5-9-3-1-2-4-11(9)13(12)18/h1-6,10,16-18H,7-8H2,(H,15,19). The molecule has 1 amide bonds. The molecular weight excluding hydrogens is 246 g/mol. The van der Waals surface area contributed by atoms with E-state index in [1.165, 1.54) is 6.07 Å². The number of fused-ring (bicyclic) bond motifs is 1. The number of rotatable bonds is 4. The molecular formula is C14H15NO4. The number of hydrogen-bond acceptors (Lipinski definition) is 4. The Hall–Kier alpha value is -2.11. The van der Waals surface area contributed by atoms with Crippen LogP contribution in [-0.4, -0.2) is 40.5 Å². The van der Waals surface area contributed by atoms with E-state index in [1.807, 2.05) is 12.1 Å². The van der Waals surface area contributed by atoms with Crippen LogP contribution in [0.25, 0.3) is 10.8 Å². The summed E-state index contributed by atoms with van der Waals surface area (Å²) < 4.78 is 0. The van der Waals surface area contributed by atoms with E-state index in [0.717, 1.165) is 5.39 Å². The molecule has 4 N–H and O–H groups in total. The smallest absolute Gasteiger partial charge is 0.255 e. The summed E-state index contributed by atoms with van der Waals surface area (Å²) in [4.78, 5) is 11.9. The van der Waals surface area contributed by atoms with Gasteiger partial charge in [-0.2, -0.15) is 0 Å². The maximum Gasteiger partial charge on any atom is 0.255 e. The molecule has 0 aliphatic heterocycles. The zero-order chi connectivity index (χ0) is 13.8. The number of nitrogens with one attached hydrogen (secondary N) is 1. The topological polar surface area (TPSA) is 89.8 Å². The number of hydrogen-bond donors (Lipinski definition) is 4. The Kier molecular flexibility index (Phi) is 3.99. The third-order valence-electron chi connectivity index (χ3n) is 2.85. The van der Waals surface area contributed by atoms with Crippen molar-refractivity contribution in [3.63, 3.8) is 0 Å². The van der Waals surface area contributed by atoms with Crippen LogP contribution in [0, 0.1) is 0 Å². The first-order valence-electron chi connectivity index (χ1n) is 5.91. The fraction of sp³-hybridized carbons (Fsp3) is 0.214. The van der Waals surface area contributed by atoms with E-state index in [-0.39, 0.29) is 17.9 Å². The van der Waals surface area contributed by atoms with Crippen LogP contribution in [0.15, 0.2) is 36.4 Å². The zero-order valence-electron chi connectivity index (χ0n) is 10.2. The van der Waals surface area contributed by atoms with Crippen molar-refractivity contribution in [2.45, 2.75) is 6.10 Å². The van der Waals surface area contributed by atoms with Gasteiger partial charge in [-0.1, -0.05) is 30.3 Å². The molecule has 0 saturated carbocycles. The van der Waals surface area contributed by atoms with E-state index < -0.39 is 18.6 Å². The molecule has 0 fully saturated rings. The Labute approximate surface area is 110 Å². The molecule has 1 atom stereocenters. The molecule has 0 heterocycles. The average Bonchev–Trinajstić information content (AvgIpc) is 2.45. The average molecular weight is 261 g/mol. The molecule has 0 radical (unpaired) electrons. The SMILES string of the molecule is O=C(NCC(O)CO)c1ccc2ccccc2c1O. The minimum Gasteiger partial charge on any atom is -0.506 e. The molecule has 2 rings (SSSR count). The van der Waals surface area contributed by atoms with Gasteiger partial charge in [-0.05, 0) is 11.5 Å². The predicted molar refractivity (Wildman–Crippen MR) is 71.0 cm³/mol. The van der Waals surface area contributed by atoms with Crippen LogP contribution >= 0.6 is 0 Å². The van der Waals surface area contributed by atoms with Gasteiger partial charge >= 0.3 is 0 Å². The van der Waals surface area contributed by atoms with Crippen molar-refractivity contribution < 1.29 is 20.1 Å². The first-order valence-corrected chi connectivity index (χ1v) is 5.91. The summed E-state index contributed by atoms with van der Waals surface area (Å²) >= 11 is 0. The second-order valence-corrected chi connectivity index (χ2v) is 4.23. The number of phenols is 1. The number of carbonyl (C=O) groups is 1. The number of aromatic hydroxyl groups is 1. The molecule has 0 aromatic heterocycles. The van der Waals surface area contributed by atoms with Crippen LogP contribution in [0.2, 0.25) is 0 Å². The van der Waals surface area contributed by atoms with Crippen molar-refractivity contribution in [2.75, 3.05) is 13.2 Å². The van der Waals surface area contributed by atoms with E-state index in [2.05, 4.69) is 5.32 Å². The van der Waals surface area contributed by atoms with Crippen molar-refractivity contribution in [1.82, 2.24) is 5.32 Å². The Morgan fingerprint density at radius 1 is 1.21 bits per heavy atom. The Morgan fingerprint density at radius 3 is 2.68 bits per heavy atom. The summed E-state index contributed by atoms with van der Waals surface area (Å²) in [7, 11) is 0. The third kappa shape index (κ3) is 2.83. The van der Waals surface area contributed by atoms with Gasteiger partial charge in [0.2, 0.25) is 0 Å². The number of aliphatic hydroxyl groups is 2. The first-order chi connectivity index (χ1) is 9.13. The molecule has 0 aliphatic rings. The van der Waals surface area contributed by atoms with Crippen LogP contribution < -0.4 is 5.32 Å². The highest BCUT2D eigenvalue weighted by atomic mass is 16.3. The number of amides is 1. The second kappa shape index (κ2) is 5.69. The van der Waals surface area contributed by atoms with Crippen molar-refractivity contribution >= 4 is 16.7 Å². The molecule has 0 bridgehead atoms. The minimum atomic E-state index is -1.01. The maximum atomic E-state index is 11.9. The summed E-state index contributed by atoms with van der Waals surface area (Å²) in [5.74, 6) is -0.579. The van der Waals surface area contributed by atoms with Crippen molar-refractivity contribution in [3.8, 4) is 5.75 Å². The molecule has 100 valence electrons. The molecule has 2 aromatic carbocycles. The Morgan fingerprint density at radius 2 is 1.95 bits per heavy atom. The first kappa shape index (κ1) is 13.3. The highest BCUT2D eigenvalue weighted by Gasteiger charge is 2.14. The molecule has 0 aliphatic carbocycles. The largest absolute Gasteiger partial charge is 0.506 e. The van der Waals surface area contributed by atoms with Gasteiger partial charge in [0.1, 0.15) is 5.75 Å². The molecule has 1 unspecified atom stereocenters. The highest BCUT2D eigenvalue weighted by Crippen LogP contribution is 2.28. The van der Waals surface area contributed by atoms with Crippen LogP contribution in [0.1, 0.15) is 10.4 Å². The lowest BCUT2D eigenvalue weighted by atomic mass is 10.0. The van der Waals surface area contributed by atoms with Gasteiger partial charge in [0.25, 0.3) is 5.91 Å². The zero-order valence-corrected chi connectivity index (χ0v) is 10.2. The summed E-state index contributed by atoms with van der Waals surface area (Å²) in [6.45, 7) is -0.494. The van der Waals surface area contributed by atoms with Crippen LogP contribution in [0.4, 0.5) is 0 Å². The maximum absolute atomic E-state index is 11.9. The van der Waals surface area contributed by atoms with Crippen molar-refractivity contribution in [1.29, 1.82) is 0 Å². The fourth-order valence-electron chi connectivity index (χ4n) is 1.81. The molecule has 5 heteroatoms.